The molecule has 2 rings (SSSR count). The zero-order chi connectivity index (χ0) is 16.7. The number of hydrogen-bond acceptors (Lipinski definition) is 5. The summed E-state index contributed by atoms with van der Waals surface area (Å²) in [7, 11) is 1.75. The maximum absolute atomic E-state index is 12.6. The van der Waals surface area contributed by atoms with Crippen molar-refractivity contribution in [2.45, 2.75) is 50.4 Å². The molecule has 23 heavy (non-hydrogen) atoms. The van der Waals surface area contributed by atoms with Gasteiger partial charge in [-0.3, -0.25) is 0 Å². The summed E-state index contributed by atoms with van der Waals surface area (Å²) in [5.74, 6) is 0.00179. The molecule has 1 aromatic rings. The average molecular weight is 332 g/mol. The molecule has 0 aliphatic heterocycles. The molecule has 1 aliphatic carbocycles. The van der Waals surface area contributed by atoms with Gasteiger partial charge in [-0.15, -0.1) is 0 Å². The highest BCUT2D eigenvalue weighted by Gasteiger charge is 2.32. The molecule has 1 heterocycles. The molecule has 0 bridgehead atoms. The fourth-order valence-corrected chi connectivity index (χ4v) is 2.76. The van der Waals surface area contributed by atoms with Crippen molar-refractivity contribution in [3.8, 4) is 0 Å². The van der Waals surface area contributed by atoms with E-state index in [-0.39, 0.29) is 5.95 Å². The standard InChI is InChI=1S/C15H23F3N4O/c1-23-12-4-2-3-11(5-6-12)19-9-10-21-14-20-8-7-13(22-14)15(16,17)18/h7-8,11-12,19H,2-6,9-10H2,1H3,(H,20,21,22). The maximum atomic E-state index is 12.6. The Balaban J connectivity index is 1.71. The summed E-state index contributed by atoms with van der Waals surface area (Å²) in [4.78, 5) is 7.28. The summed E-state index contributed by atoms with van der Waals surface area (Å²) in [5.41, 5.74) is -0.933. The van der Waals surface area contributed by atoms with Crippen LogP contribution >= 0.6 is 0 Å². The van der Waals surface area contributed by atoms with Gasteiger partial charge in [-0.2, -0.15) is 13.2 Å². The third-order valence-corrected chi connectivity index (χ3v) is 4.04. The highest BCUT2D eigenvalue weighted by molar-refractivity contribution is 5.25. The smallest absolute Gasteiger partial charge is 0.381 e. The SMILES string of the molecule is COC1CCCC(NCCNc2nccc(C(F)(F)F)n2)CC1. The van der Waals surface area contributed by atoms with E-state index in [1.807, 2.05) is 0 Å². The van der Waals surface area contributed by atoms with Crippen LogP contribution < -0.4 is 10.6 Å². The van der Waals surface area contributed by atoms with Crippen molar-refractivity contribution in [2.75, 3.05) is 25.5 Å². The number of methoxy groups -OCH3 is 1. The molecule has 0 spiro atoms. The molecule has 130 valence electrons. The average Bonchev–Trinajstić information content (AvgIpc) is 2.76. The second-order valence-corrected chi connectivity index (χ2v) is 5.71. The minimum atomic E-state index is -4.45. The largest absolute Gasteiger partial charge is 0.433 e. The number of anilines is 1. The fourth-order valence-electron chi connectivity index (χ4n) is 2.76. The van der Waals surface area contributed by atoms with Gasteiger partial charge >= 0.3 is 6.18 Å². The van der Waals surface area contributed by atoms with Crippen molar-refractivity contribution in [1.82, 2.24) is 15.3 Å². The molecule has 0 amide bonds. The molecule has 1 aromatic heterocycles. The Labute approximate surface area is 134 Å². The van der Waals surface area contributed by atoms with Crippen molar-refractivity contribution in [3.63, 3.8) is 0 Å². The van der Waals surface area contributed by atoms with Gasteiger partial charge in [0.15, 0.2) is 0 Å². The molecule has 5 nitrogen and oxygen atoms in total. The molecule has 2 unspecified atom stereocenters. The Bertz CT molecular complexity index is 484. The third kappa shape index (κ3) is 5.95. The van der Waals surface area contributed by atoms with Crippen LogP contribution in [-0.4, -0.2) is 42.3 Å². The van der Waals surface area contributed by atoms with Crippen LogP contribution in [0.25, 0.3) is 0 Å². The molecule has 8 heteroatoms. The predicted molar refractivity (Wildman–Crippen MR) is 81.2 cm³/mol. The molecule has 2 N–H and O–H groups in total. The van der Waals surface area contributed by atoms with Gasteiger partial charge in [-0.1, -0.05) is 0 Å². The lowest BCUT2D eigenvalue weighted by molar-refractivity contribution is -0.141. The zero-order valence-electron chi connectivity index (χ0n) is 13.2. The molecular formula is C15H23F3N4O. The van der Waals surface area contributed by atoms with E-state index in [4.69, 9.17) is 4.74 Å². The lowest BCUT2D eigenvalue weighted by atomic mass is 10.1. The number of alkyl halides is 3. The first kappa shape index (κ1) is 17.9. The van der Waals surface area contributed by atoms with Crippen LogP contribution in [-0.2, 0) is 10.9 Å². The highest BCUT2D eigenvalue weighted by atomic mass is 19.4. The molecule has 0 saturated heterocycles. The van der Waals surface area contributed by atoms with Crippen LogP contribution in [0.1, 0.15) is 37.8 Å². The Morgan fingerprint density at radius 1 is 1.22 bits per heavy atom. The number of halogens is 3. The number of ether oxygens (including phenoxy) is 1. The van der Waals surface area contributed by atoms with Gasteiger partial charge in [0.05, 0.1) is 6.10 Å². The zero-order valence-corrected chi connectivity index (χ0v) is 13.2. The summed E-state index contributed by atoms with van der Waals surface area (Å²) in [6.07, 6.45) is 2.42. The van der Waals surface area contributed by atoms with Gasteiger partial charge in [0.2, 0.25) is 5.95 Å². The van der Waals surface area contributed by atoms with Gasteiger partial charge in [-0.05, 0) is 38.2 Å². The second kappa shape index (κ2) is 8.44. The highest BCUT2D eigenvalue weighted by Crippen LogP contribution is 2.27. The first-order valence-corrected chi connectivity index (χ1v) is 7.89. The quantitative estimate of drug-likeness (QED) is 0.620. The Morgan fingerprint density at radius 2 is 2.04 bits per heavy atom. The summed E-state index contributed by atoms with van der Waals surface area (Å²) >= 11 is 0. The number of rotatable bonds is 6. The first-order valence-electron chi connectivity index (χ1n) is 7.89. The van der Waals surface area contributed by atoms with E-state index in [0.717, 1.165) is 44.4 Å². The predicted octanol–water partition coefficient (Wildman–Crippen LogP) is 2.84. The van der Waals surface area contributed by atoms with Crippen molar-refractivity contribution in [2.24, 2.45) is 0 Å². The van der Waals surface area contributed by atoms with Gasteiger partial charge in [0.1, 0.15) is 5.69 Å². The Morgan fingerprint density at radius 3 is 2.78 bits per heavy atom. The normalized spacial score (nSPS) is 22.6. The lowest BCUT2D eigenvalue weighted by Gasteiger charge is -2.17. The van der Waals surface area contributed by atoms with Gasteiger partial charge in [-0.25, -0.2) is 9.97 Å². The second-order valence-electron chi connectivity index (χ2n) is 5.71. The van der Waals surface area contributed by atoms with E-state index < -0.39 is 11.9 Å². The van der Waals surface area contributed by atoms with Crippen molar-refractivity contribution < 1.29 is 17.9 Å². The molecule has 0 radical (unpaired) electrons. The lowest BCUT2D eigenvalue weighted by Crippen LogP contribution is -2.33. The topological polar surface area (TPSA) is 59.1 Å². The molecule has 2 atom stereocenters. The maximum Gasteiger partial charge on any atom is 0.433 e. The third-order valence-electron chi connectivity index (χ3n) is 4.04. The van der Waals surface area contributed by atoms with E-state index in [9.17, 15) is 13.2 Å². The Kier molecular flexibility index (Phi) is 6.59. The van der Waals surface area contributed by atoms with E-state index in [1.165, 1.54) is 0 Å². The van der Waals surface area contributed by atoms with Crippen LogP contribution in [0.2, 0.25) is 0 Å². The summed E-state index contributed by atoms with van der Waals surface area (Å²) in [6, 6.07) is 1.29. The van der Waals surface area contributed by atoms with E-state index in [2.05, 4.69) is 20.6 Å². The Hall–Kier alpha value is -1.41. The first-order chi connectivity index (χ1) is 11.0. The molecule has 1 fully saturated rings. The monoisotopic (exact) mass is 332 g/mol. The summed E-state index contributed by atoms with van der Waals surface area (Å²) in [6.45, 7) is 1.13. The van der Waals surface area contributed by atoms with Crippen molar-refractivity contribution in [1.29, 1.82) is 0 Å². The number of hydrogen-bond donors (Lipinski definition) is 2. The fraction of sp³-hybridized carbons (Fsp3) is 0.733. The molecule has 1 aliphatic rings. The van der Waals surface area contributed by atoms with Crippen molar-refractivity contribution in [3.05, 3.63) is 18.0 Å². The van der Waals surface area contributed by atoms with Crippen LogP contribution in [0.15, 0.2) is 12.3 Å². The van der Waals surface area contributed by atoms with E-state index >= 15 is 0 Å². The summed E-state index contributed by atoms with van der Waals surface area (Å²) in [5, 5.41) is 6.25. The minimum Gasteiger partial charge on any atom is -0.381 e. The minimum absolute atomic E-state index is 0.00179. The van der Waals surface area contributed by atoms with Crippen LogP contribution in [0.4, 0.5) is 19.1 Å². The summed E-state index contributed by atoms with van der Waals surface area (Å²) < 4.78 is 43.1. The number of nitrogens with one attached hydrogen (secondary N) is 2. The molecule has 1 saturated carbocycles. The van der Waals surface area contributed by atoms with Crippen LogP contribution in [0.3, 0.4) is 0 Å². The van der Waals surface area contributed by atoms with E-state index in [1.54, 1.807) is 7.11 Å². The van der Waals surface area contributed by atoms with Gasteiger partial charge < -0.3 is 15.4 Å². The molecular weight excluding hydrogens is 309 g/mol. The number of aromatic nitrogens is 2. The van der Waals surface area contributed by atoms with Crippen molar-refractivity contribution >= 4 is 5.95 Å². The van der Waals surface area contributed by atoms with Crippen LogP contribution in [0, 0.1) is 0 Å². The molecule has 0 aromatic carbocycles. The van der Waals surface area contributed by atoms with Gasteiger partial charge in [0, 0.05) is 32.4 Å². The van der Waals surface area contributed by atoms with Crippen LogP contribution in [0.5, 0.6) is 0 Å². The van der Waals surface area contributed by atoms with E-state index in [0.29, 0.717) is 25.2 Å². The number of nitrogens with zero attached hydrogens (tertiary/aromatic N) is 2. The van der Waals surface area contributed by atoms with Gasteiger partial charge in [0.25, 0.3) is 0 Å².